The monoisotopic (exact) mass is 285 g/mol. The fourth-order valence-corrected chi connectivity index (χ4v) is 2.24. The zero-order valence-electron chi connectivity index (χ0n) is 10.2. The number of halogens is 3. The number of hydrogen-bond acceptors (Lipinski definition) is 3. The van der Waals surface area contributed by atoms with Gasteiger partial charge in [0.15, 0.2) is 0 Å². The van der Waals surface area contributed by atoms with Gasteiger partial charge < -0.3 is 15.2 Å². The smallest absolute Gasteiger partial charge is 0.393 e. The van der Waals surface area contributed by atoms with Crippen molar-refractivity contribution in [3.63, 3.8) is 0 Å². The Labute approximate surface area is 110 Å². The highest BCUT2D eigenvalue weighted by atomic mass is 32.1. The van der Waals surface area contributed by atoms with Gasteiger partial charge in [-0.05, 0) is 25.7 Å². The normalized spacial score (nSPS) is 26.9. The number of rotatable bonds is 5. The lowest BCUT2D eigenvalue weighted by Gasteiger charge is -2.29. The molecule has 2 N–H and O–H groups in total. The molecule has 0 heterocycles. The largest absolute Gasteiger partial charge is 0.400 e. The maximum atomic E-state index is 12.6. The van der Waals surface area contributed by atoms with Crippen molar-refractivity contribution in [1.29, 1.82) is 0 Å². The molecule has 1 aliphatic rings. The highest BCUT2D eigenvalue weighted by Crippen LogP contribution is 2.29. The van der Waals surface area contributed by atoms with Crippen LogP contribution in [0.25, 0.3) is 0 Å². The molecule has 1 aliphatic carbocycles. The van der Waals surface area contributed by atoms with E-state index in [1.165, 1.54) is 0 Å². The molecule has 1 fully saturated rings. The standard InChI is InChI=1S/C11H18F3NO2S/c1-16-7-3-2-4-8(5-7)17-6-9(10(15)18)11(12,13)14/h7-9H,2-6H2,1H3,(H2,15,18). The molecular weight excluding hydrogens is 267 g/mol. The molecule has 3 unspecified atom stereocenters. The summed E-state index contributed by atoms with van der Waals surface area (Å²) in [6, 6.07) is 0. The van der Waals surface area contributed by atoms with Crippen LogP contribution in [0.1, 0.15) is 25.7 Å². The summed E-state index contributed by atoms with van der Waals surface area (Å²) in [7, 11) is 1.60. The van der Waals surface area contributed by atoms with Crippen LogP contribution in [0, 0.1) is 5.92 Å². The Morgan fingerprint density at radius 2 is 2.00 bits per heavy atom. The van der Waals surface area contributed by atoms with Crippen molar-refractivity contribution < 1.29 is 22.6 Å². The Balaban J connectivity index is 2.45. The Morgan fingerprint density at radius 1 is 1.39 bits per heavy atom. The Bertz CT molecular complexity index is 286. The zero-order valence-corrected chi connectivity index (χ0v) is 11.0. The summed E-state index contributed by atoms with van der Waals surface area (Å²) in [6.07, 6.45) is -1.39. The molecular formula is C11H18F3NO2S. The second-order valence-electron chi connectivity index (χ2n) is 4.48. The SMILES string of the molecule is COC1CCCC(OCC(C(N)=S)C(F)(F)F)C1. The fraction of sp³-hybridized carbons (Fsp3) is 0.909. The summed E-state index contributed by atoms with van der Waals surface area (Å²) in [5, 5.41) is 0. The van der Waals surface area contributed by atoms with Crippen molar-refractivity contribution in [3.05, 3.63) is 0 Å². The second-order valence-corrected chi connectivity index (χ2v) is 4.95. The van der Waals surface area contributed by atoms with E-state index in [2.05, 4.69) is 12.2 Å². The molecule has 1 saturated carbocycles. The van der Waals surface area contributed by atoms with Crippen LogP contribution in [0.15, 0.2) is 0 Å². The van der Waals surface area contributed by atoms with Crippen LogP contribution in [0.5, 0.6) is 0 Å². The van der Waals surface area contributed by atoms with Crippen LogP contribution in [0.3, 0.4) is 0 Å². The molecule has 3 nitrogen and oxygen atoms in total. The number of thiocarbonyl (C=S) groups is 1. The topological polar surface area (TPSA) is 44.5 Å². The Morgan fingerprint density at radius 3 is 2.50 bits per heavy atom. The molecule has 1 rings (SSSR count). The van der Waals surface area contributed by atoms with Gasteiger partial charge in [0.2, 0.25) is 0 Å². The third-order valence-electron chi connectivity index (χ3n) is 3.15. The molecule has 0 bridgehead atoms. The molecule has 0 saturated heterocycles. The first-order valence-electron chi connectivity index (χ1n) is 5.85. The molecule has 3 atom stereocenters. The summed E-state index contributed by atoms with van der Waals surface area (Å²) in [6.45, 7) is -0.500. The van der Waals surface area contributed by atoms with E-state index in [0.29, 0.717) is 6.42 Å². The van der Waals surface area contributed by atoms with E-state index < -0.39 is 23.7 Å². The molecule has 0 aromatic heterocycles. The fourth-order valence-electron chi connectivity index (χ4n) is 2.04. The lowest BCUT2D eigenvalue weighted by atomic mass is 9.95. The van der Waals surface area contributed by atoms with Crippen molar-refractivity contribution in [1.82, 2.24) is 0 Å². The molecule has 106 valence electrons. The summed E-state index contributed by atoms with van der Waals surface area (Å²) < 4.78 is 48.3. The lowest BCUT2D eigenvalue weighted by molar-refractivity contribution is -0.174. The van der Waals surface area contributed by atoms with Gasteiger partial charge in [-0.25, -0.2) is 0 Å². The highest BCUT2D eigenvalue weighted by molar-refractivity contribution is 7.80. The number of ether oxygens (including phenoxy) is 2. The summed E-state index contributed by atoms with van der Waals surface area (Å²) in [5.41, 5.74) is 5.10. The molecule has 0 amide bonds. The summed E-state index contributed by atoms with van der Waals surface area (Å²) in [5.74, 6) is -1.87. The predicted molar refractivity (Wildman–Crippen MR) is 65.3 cm³/mol. The minimum atomic E-state index is -4.44. The molecule has 18 heavy (non-hydrogen) atoms. The summed E-state index contributed by atoms with van der Waals surface area (Å²) in [4.78, 5) is -0.568. The lowest BCUT2D eigenvalue weighted by Crippen LogP contribution is -2.39. The number of alkyl halides is 3. The van der Waals surface area contributed by atoms with E-state index in [4.69, 9.17) is 15.2 Å². The van der Waals surface area contributed by atoms with Gasteiger partial charge in [-0.1, -0.05) is 12.2 Å². The van der Waals surface area contributed by atoms with Crippen LogP contribution in [0.4, 0.5) is 13.2 Å². The minimum Gasteiger partial charge on any atom is -0.393 e. The van der Waals surface area contributed by atoms with E-state index in [-0.39, 0.29) is 12.2 Å². The highest BCUT2D eigenvalue weighted by Gasteiger charge is 2.42. The molecule has 0 aromatic rings. The van der Waals surface area contributed by atoms with Crippen molar-refractivity contribution in [2.45, 2.75) is 44.1 Å². The number of nitrogens with two attached hydrogens (primary N) is 1. The quantitative estimate of drug-likeness (QED) is 0.788. The second kappa shape index (κ2) is 6.68. The molecule has 0 radical (unpaired) electrons. The van der Waals surface area contributed by atoms with E-state index in [1.807, 2.05) is 0 Å². The molecule has 0 aliphatic heterocycles. The third-order valence-corrected chi connectivity index (χ3v) is 3.43. The van der Waals surface area contributed by atoms with Gasteiger partial charge >= 0.3 is 6.18 Å². The van der Waals surface area contributed by atoms with Crippen LogP contribution in [-0.2, 0) is 9.47 Å². The van der Waals surface area contributed by atoms with Gasteiger partial charge in [0, 0.05) is 7.11 Å². The third kappa shape index (κ3) is 4.70. The van der Waals surface area contributed by atoms with E-state index in [1.54, 1.807) is 7.11 Å². The first-order valence-corrected chi connectivity index (χ1v) is 6.25. The van der Waals surface area contributed by atoms with E-state index in [0.717, 1.165) is 19.3 Å². The average molecular weight is 285 g/mol. The Hall–Kier alpha value is -0.400. The van der Waals surface area contributed by atoms with Crippen LogP contribution in [0.2, 0.25) is 0 Å². The summed E-state index contributed by atoms with van der Waals surface area (Å²) >= 11 is 4.43. The van der Waals surface area contributed by atoms with Crippen molar-refractivity contribution >= 4 is 17.2 Å². The zero-order chi connectivity index (χ0) is 13.8. The van der Waals surface area contributed by atoms with Gasteiger partial charge in [0.25, 0.3) is 0 Å². The van der Waals surface area contributed by atoms with Gasteiger partial charge in [-0.2, -0.15) is 13.2 Å². The average Bonchev–Trinajstić information content (AvgIpc) is 2.27. The molecule has 7 heteroatoms. The number of hydrogen-bond donors (Lipinski definition) is 1. The maximum Gasteiger partial charge on any atom is 0.400 e. The van der Waals surface area contributed by atoms with Gasteiger partial charge in [-0.15, -0.1) is 0 Å². The Kier molecular flexibility index (Phi) is 5.81. The van der Waals surface area contributed by atoms with Crippen LogP contribution >= 0.6 is 12.2 Å². The first-order chi connectivity index (χ1) is 8.34. The number of methoxy groups -OCH3 is 1. The molecule has 0 aromatic carbocycles. The van der Waals surface area contributed by atoms with Crippen molar-refractivity contribution in [2.24, 2.45) is 11.7 Å². The van der Waals surface area contributed by atoms with E-state index in [9.17, 15) is 13.2 Å². The van der Waals surface area contributed by atoms with Crippen LogP contribution in [-0.4, -0.2) is 37.1 Å². The van der Waals surface area contributed by atoms with Crippen molar-refractivity contribution in [2.75, 3.05) is 13.7 Å². The van der Waals surface area contributed by atoms with E-state index >= 15 is 0 Å². The first kappa shape index (κ1) is 15.7. The molecule has 0 spiro atoms. The predicted octanol–water partition coefficient (Wildman–Crippen LogP) is 2.43. The van der Waals surface area contributed by atoms with Crippen molar-refractivity contribution in [3.8, 4) is 0 Å². The van der Waals surface area contributed by atoms with Gasteiger partial charge in [0.05, 0.1) is 23.8 Å². The van der Waals surface area contributed by atoms with Crippen LogP contribution < -0.4 is 5.73 Å². The van der Waals surface area contributed by atoms with Gasteiger partial charge in [0.1, 0.15) is 5.92 Å². The van der Waals surface area contributed by atoms with Gasteiger partial charge in [-0.3, -0.25) is 0 Å². The maximum absolute atomic E-state index is 12.6. The minimum absolute atomic E-state index is 0.0675.